The first kappa shape index (κ1) is 39.1. The van der Waals surface area contributed by atoms with Gasteiger partial charge in [0, 0.05) is 19.6 Å². The predicted octanol–water partition coefficient (Wildman–Crippen LogP) is 1.15. The zero-order valence-electron chi connectivity index (χ0n) is 28.4. The first-order chi connectivity index (χ1) is 24.5. The van der Waals surface area contributed by atoms with E-state index in [1.807, 2.05) is 0 Å². The Morgan fingerprint density at radius 3 is 1.57 bits per heavy atom. The van der Waals surface area contributed by atoms with E-state index >= 15 is 0 Å². The van der Waals surface area contributed by atoms with Crippen molar-refractivity contribution in [1.82, 2.24) is 21.3 Å². The number of carbonyl (C=O) groups excluding carboxylic acids is 5. The van der Waals surface area contributed by atoms with Crippen LogP contribution in [0.5, 0.6) is 11.5 Å². The van der Waals surface area contributed by atoms with Gasteiger partial charge in [0.25, 0.3) is 0 Å². The molecule has 16 nitrogen and oxygen atoms in total. The van der Waals surface area contributed by atoms with E-state index in [1.165, 1.54) is 14.2 Å². The summed E-state index contributed by atoms with van der Waals surface area (Å²) < 4.78 is 20.1. The first-order valence-corrected chi connectivity index (χ1v) is 15.8. The lowest BCUT2D eigenvalue weighted by Crippen LogP contribution is -2.48. The molecule has 0 unspecified atom stereocenters. The summed E-state index contributed by atoms with van der Waals surface area (Å²) >= 11 is 0. The Labute approximate surface area is 295 Å². The van der Waals surface area contributed by atoms with E-state index in [4.69, 9.17) is 26.4 Å². The lowest BCUT2D eigenvalue weighted by molar-refractivity contribution is -0.143. The van der Waals surface area contributed by atoms with Crippen LogP contribution in [0.15, 0.2) is 72.8 Å². The number of nitrogens with one attached hydrogen (secondary N) is 5. The Balaban J connectivity index is 1.83. The van der Waals surface area contributed by atoms with Crippen molar-refractivity contribution >= 4 is 35.7 Å². The summed E-state index contributed by atoms with van der Waals surface area (Å²) in [6.45, 7) is 0.151. The molecule has 0 aliphatic carbocycles. The van der Waals surface area contributed by atoms with Gasteiger partial charge in [0.2, 0.25) is 11.8 Å². The van der Waals surface area contributed by atoms with Crippen LogP contribution in [0.1, 0.15) is 41.0 Å². The number of rotatable bonds is 19. The van der Waals surface area contributed by atoms with Crippen LogP contribution in [0, 0.1) is 5.41 Å². The minimum Gasteiger partial charge on any atom is -0.482 e. The minimum absolute atomic E-state index is 0.171. The minimum atomic E-state index is -0.960. The van der Waals surface area contributed by atoms with Crippen molar-refractivity contribution in [1.29, 1.82) is 5.41 Å². The lowest BCUT2D eigenvalue weighted by atomic mass is 9.90. The molecule has 0 heterocycles. The Morgan fingerprint density at radius 1 is 0.667 bits per heavy atom. The van der Waals surface area contributed by atoms with E-state index in [2.05, 4.69) is 30.7 Å². The molecule has 9 N–H and O–H groups in total. The molecule has 1 atom stereocenters. The molecular weight excluding hydrogens is 662 g/mol. The number of nitrogens with two attached hydrogens (primary N) is 2. The van der Waals surface area contributed by atoms with Crippen molar-refractivity contribution in [3.8, 4) is 11.5 Å². The molecule has 272 valence electrons. The summed E-state index contributed by atoms with van der Waals surface area (Å²) in [6.07, 6.45) is 0.630. The summed E-state index contributed by atoms with van der Waals surface area (Å²) in [5.41, 5.74) is 13.3. The van der Waals surface area contributed by atoms with Gasteiger partial charge in [-0.3, -0.25) is 15.0 Å². The molecule has 4 amide bonds. The van der Waals surface area contributed by atoms with Crippen molar-refractivity contribution in [3.05, 3.63) is 95.1 Å². The molecular formula is C35H43N7O9. The number of hydrogen-bond acceptors (Lipinski definition) is 10. The fourth-order valence-corrected chi connectivity index (χ4v) is 4.74. The number of primary amides is 1. The average Bonchev–Trinajstić information content (AvgIpc) is 3.13. The number of amides is 4. The van der Waals surface area contributed by atoms with E-state index in [0.717, 1.165) is 11.1 Å². The predicted molar refractivity (Wildman–Crippen MR) is 186 cm³/mol. The number of esters is 2. The SMILES string of the molecule is COC(=O)COc1ccc(C(C(=O)N[C@H](CCCNC(=N)N)C(=O)NCc2ccc(CNC(N)=O)cc2)c2ccc(OCC(=O)OC)cc2)cc1. The molecule has 3 aromatic carbocycles. The van der Waals surface area contributed by atoms with Gasteiger partial charge < -0.3 is 51.7 Å². The van der Waals surface area contributed by atoms with Gasteiger partial charge in [-0.15, -0.1) is 0 Å². The maximum atomic E-state index is 14.1. The van der Waals surface area contributed by atoms with Crippen LogP contribution in [0.25, 0.3) is 0 Å². The molecule has 0 bridgehead atoms. The smallest absolute Gasteiger partial charge is 0.343 e. The Morgan fingerprint density at radius 2 is 1.14 bits per heavy atom. The summed E-state index contributed by atoms with van der Waals surface area (Å²) in [5.74, 6) is -2.38. The van der Waals surface area contributed by atoms with E-state index in [0.29, 0.717) is 35.6 Å². The Hall–Kier alpha value is -6.32. The van der Waals surface area contributed by atoms with Gasteiger partial charge in [0.05, 0.1) is 20.1 Å². The van der Waals surface area contributed by atoms with E-state index < -0.39 is 41.7 Å². The number of methoxy groups -OCH3 is 2. The van der Waals surface area contributed by atoms with Crippen molar-refractivity contribution < 1.29 is 42.9 Å². The fraction of sp³-hybridized carbons (Fsp3) is 0.314. The van der Waals surface area contributed by atoms with Gasteiger partial charge >= 0.3 is 18.0 Å². The molecule has 3 rings (SSSR count). The Bertz CT molecular complexity index is 1570. The number of guanidine groups is 1. The topological polar surface area (TPSA) is 246 Å². The number of urea groups is 1. The van der Waals surface area contributed by atoms with Crippen LogP contribution < -0.4 is 42.2 Å². The van der Waals surface area contributed by atoms with Gasteiger partial charge in [-0.25, -0.2) is 14.4 Å². The first-order valence-electron chi connectivity index (χ1n) is 15.8. The zero-order valence-corrected chi connectivity index (χ0v) is 28.4. The number of benzene rings is 3. The second-order valence-electron chi connectivity index (χ2n) is 11.1. The molecule has 0 aliphatic rings. The monoisotopic (exact) mass is 705 g/mol. The number of ether oxygens (including phenoxy) is 4. The third kappa shape index (κ3) is 13.6. The highest BCUT2D eigenvalue weighted by molar-refractivity contribution is 5.92. The van der Waals surface area contributed by atoms with Crippen LogP contribution in [0.2, 0.25) is 0 Å². The fourth-order valence-electron chi connectivity index (χ4n) is 4.74. The van der Waals surface area contributed by atoms with E-state index in [-0.39, 0.29) is 38.7 Å². The maximum absolute atomic E-state index is 14.1. The molecule has 0 saturated carbocycles. The standard InChI is InChI=1S/C35H43N7O9/c1-48-29(43)20-50-26-13-9-24(10-14-26)31(25-11-15-27(16-12-25)51-21-30(44)49-2)33(46)42-28(4-3-17-39-34(36)37)32(45)40-18-22-5-7-23(8-6-22)19-41-35(38)47/h5-16,28,31H,3-4,17-21H2,1-2H3,(H,40,45)(H,42,46)(H4,36,37,39)(H3,38,41,47)/t28-/m1/s1. The van der Waals surface area contributed by atoms with Crippen molar-refractivity contribution in [2.45, 2.75) is 37.9 Å². The van der Waals surface area contributed by atoms with E-state index in [9.17, 15) is 24.0 Å². The maximum Gasteiger partial charge on any atom is 0.343 e. The summed E-state index contributed by atoms with van der Waals surface area (Å²) in [4.78, 5) is 61.7. The summed E-state index contributed by atoms with van der Waals surface area (Å²) in [5, 5.41) is 18.4. The second-order valence-corrected chi connectivity index (χ2v) is 11.1. The molecule has 3 aromatic rings. The van der Waals surface area contributed by atoms with Crippen LogP contribution in [-0.2, 0) is 41.7 Å². The number of hydrogen-bond donors (Lipinski definition) is 7. The largest absolute Gasteiger partial charge is 0.482 e. The molecule has 0 radical (unpaired) electrons. The molecule has 0 saturated heterocycles. The van der Waals surface area contributed by atoms with Gasteiger partial charge in [0.1, 0.15) is 17.5 Å². The zero-order chi connectivity index (χ0) is 37.2. The van der Waals surface area contributed by atoms with Gasteiger partial charge in [0.15, 0.2) is 19.2 Å². The van der Waals surface area contributed by atoms with Crippen molar-refractivity contribution in [2.24, 2.45) is 11.5 Å². The third-order valence-corrected chi connectivity index (χ3v) is 7.43. The quantitative estimate of drug-likeness (QED) is 0.0404. The molecule has 0 aromatic heterocycles. The molecule has 0 aliphatic heterocycles. The highest BCUT2D eigenvalue weighted by atomic mass is 16.6. The normalized spacial score (nSPS) is 11.0. The molecule has 16 heteroatoms. The van der Waals surface area contributed by atoms with Gasteiger partial charge in [-0.2, -0.15) is 0 Å². The van der Waals surface area contributed by atoms with Crippen LogP contribution >= 0.6 is 0 Å². The highest BCUT2D eigenvalue weighted by Gasteiger charge is 2.28. The second kappa shape index (κ2) is 20.3. The van der Waals surface area contributed by atoms with Crippen molar-refractivity contribution in [2.75, 3.05) is 34.0 Å². The van der Waals surface area contributed by atoms with E-state index in [1.54, 1.807) is 72.8 Å². The van der Waals surface area contributed by atoms with Crippen LogP contribution in [-0.4, -0.2) is 75.8 Å². The van der Waals surface area contributed by atoms with Gasteiger partial charge in [-0.1, -0.05) is 48.5 Å². The van der Waals surface area contributed by atoms with Crippen LogP contribution in [0.3, 0.4) is 0 Å². The highest BCUT2D eigenvalue weighted by Crippen LogP contribution is 2.29. The number of carbonyl (C=O) groups is 5. The van der Waals surface area contributed by atoms with Gasteiger partial charge in [-0.05, 0) is 59.4 Å². The lowest BCUT2D eigenvalue weighted by Gasteiger charge is -2.24. The third-order valence-electron chi connectivity index (χ3n) is 7.43. The van der Waals surface area contributed by atoms with Crippen molar-refractivity contribution in [3.63, 3.8) is 0 Å². The molecule has 51 heavy (non-hydrogen) atoms. The summed E-state index contributed by atoms with van der Waals surface area (Å²) in [6, 6.07) is 18.7. The van der Waals surface area contributed by atoms with Crippen LogP contribution in [0.4, 0.5) is 4.79 Å². The average molecular weight is 706 g/mol. The Kier molecular flexibility index (Phi) is 15.5. The molecule has 0 spiro atoms. The summed E-state index contributed by atoms with van der Waals surface area (Å²) in [7, 11) is 2.50. The molecule has 0 fully saturated rings.